The summed E-state index contributed by atoms with van der Waals surface area (Å²) in [6.07, 6.45) is 3.36. The third-order valence-electron chi connectivity index (χ3n) is 4.60. The Morgan fingerprint density at radius 1 is 1.50 bits per heavy atom. The van der Waals surface area contributed by atoms with Crippen molar-refractivity contribution in [2.75, 3.05) is 18.6 Å². The number of carbonyl (C=O) groups is 1. The molecule has 0 spiro atoms. The molecule has 0 bridgehead atoms. The van der Waals surface area contributed by atoms with E-state index in [1.165, 1.54) is 0 Å². The minimum atomic E-state index is -0.705. The van der Waals surface area contributed by atoms with Crippen LogP contribution in [0.15, 0.2) is 22.6 Å². The van der Waals surface area contributed by atoms with Gasteiger partial charge in [0.2, 0.25) is 5.91 Å². The van der Waals surface area contributed by atoms with Crippen molar-refractivity contribution in [2.24, 2.45) is 5.73 Å². The largest absolute Gasteiger partial charge is 0.497 e. The quantitative estimate of drug-likeness (QED) is 0.938. The van der Waals surface area contributed by atoms with Gasteiger partial charge in [0.05, 0.1) is 7.11 Å². The lowest BCUT2D eigenvalue weighted by molar-refractivity contribution is -0.124. The van der Waals surface area contributed by atoms with Crippen molar-refractivity contribution in [1.82, 2.24) is 4.98 Å². The molecule has 1 aliphatic heterocycles. The summed E-state index contributed by atoms with van der Waals surface area (Å²) in [5.74, 6) is 0.414. The zero-order chi connectivity index (χ0) is 15.7. The number of primary amides is 1. The van der Waals surface area contributed by atoms with Crippen LogP contribution < -0.4 is 15.4 Å². The van der Waals surface area contributed by atoms with Gasteiger partial charge in [-0.2, -0.15) is 4.98 Å². The van der Waals surface area contributed by atoms with Gasteiger partial charge in [-0.05, 0) is 37.8 Å². The lowest BCUT2D eigenvalue weighted by Gasteiger charge is -2.43. The van der Waals surface area contributed by atoms with Gasteiger partial charge in [-0.1, -0.05) is 6.92 Å². The molecule has 22 heavy (non-hydrogen) atoms. The Hall–Kier alpha value is -2.24. The van der Waals surface area contributed by atoms with Crippen molar-refractivity contribution in [2.45, 2.75) is 38.1 Å². The number of ether oxygens (including phenoxy) is 1. The molecule has 6 heteroatoms. The number of benzene rings is 1. The van der Waals surface area contributed by atoms with Gasteiger partial charge >= 0.3 is 0 Å². The van der Waals surface area contributed by atoms with Crippen molar-refractivity contribution in [3.63, 3.8) is 0 Å². The predicted octanol–water partition coefficient (Wildman–Crippen LogP) is 2.46. The number of hydrogen-bond acceptors (Lipinski definition) is 5. The van der Waals surface area contributed by atoms with E-state index in [-0.39, 0.29) is 5.91 Å². The van der Waals surface area contributed by atoms with E-state index in [0.717, 1.165) is 37.1 Å². The van der Waals surface area contributed by atoms with Gasteiger partial charge in [-0.15, -0.1) is 0 Å². The number of amides is 1. The van der Waals surface area contributed by atoms with Gasteiger partial charge in [0.25, 0.3) is 6.01 Å². The summed E-state index contributed by atoms with van der Waals surface area (Å²) in [6.45, 7) is 2.70. The molecule has 2 aromatic rings. The van der Waals surface area contributed by atoms with E-state index in [1.54, 1.807) is 7.11 Å². The van der Waals surface area contributed by atoms with Crippen molar-refractivity contribution >= 4 is 23.0 Å². The fraction of sp³-hybridized carbons (Fsp3) is 0.500. The first-order valence-electron chi connectivity index (χ1n) is 7.63. The molecule has 1 saturated heterocycles. The van der Waals surface area contributed by atoms with E-state index >= 15 is 0 Å². The molecule has 0 aliphatic carbocycles. The topological polar surface area (TPSA) is 81.6 Å². The zero-order valence-corrected chi connectivity index (χ0v) is 13.0. The molecule has 2 heterocycles. The molecule has 118 valence electrons. The van der Waals surface area contributed by atoms with Gasteiger partial charge < -0.3 is 19.8 Å². The number of carbonyl (C=O) groups excluding carboxylic acids is 1. The average molecular weight is 303 g/mol. The Labute approximate surface area is 129 Å². The first-order valence-corrected chi connectivity index (χ1v) is 7.63. The number of nitrogens with zero attached hydrogens (tertiary/aromatic N) is 2. The number of hydrogen-bond donors (Lipinski definition) is 1. The highest BCUT2D eigenvalue weighted by Gasteiger charge is 2.44. The molecule has 1 aromatic carbocycles. The normalized spacial score (nSPS) is 22.0. The number of nitrogens with two attached hydrogens (primary N) is 1. The molecule has 1 aromatic heterocycles. The maximum absolute atomic E-state index is 12.1. The second kappa shape index (κ2) is 5.51. The predicted molar refractivity (Wildman–Crippen MR) is 84.0 cm³/mol. The highest BCUT2D eigenvalue weighted by molar-refractivity contribution is 5.88. The smallest absolute Gasteiger partial charge is 0.299 e. The van der Waals surface area contributed by atoms with E-state index in [4.69, 9.17) is 14.9 Å². The molecule has 1 atom stereocenters. The molecule has 1 aliphatic rings. The minimum Gasteiger partial charge on any atom is -0.497 e. The van der Waals surface area contributed by atoms with Crippen molar-refractivity contribution in [3.8, 4) is 5.75 Å². The molecular formula is C16H21N3O3. The van der Waals surface area contributed by atoms with E-state index in [9.17, 15) is 4.79 Å². The molecule has 6 nitrogen and oxygen atoms in total. The lowest BCUT2D eigenvalue weighted by atomic mass is 9.84. The van der Waals surface area contributed by atoms with Crippen molar-refractivity contribution in [3.05, 3.63) is 18.2 Å². The van der Waals surface area contributed by atoms with Crippen LogP contribution >= 0.6 is 0 Å². The molecule has 3 rings (SSSR count). The number of anilines is 1. The Morgan fingerprint density at radius 2 is 2.32 bits per heavy atom. The summed E-state index contributed by atoms with van der Waals surface area (Å²) in [6, 6.07) is 5.94. The SMILES string of the molecule is CCC1(C(N)=O)CCCCN1c1nc2cc(OC)ccc2o1. The van der Waals surface area contributed by atoms with E-state index in [1.807, 2.05) is 30.0 Å². The summed E-state index contributed by atoms with van der Waals surface area (Å²) < 4.78 is 11.1. The maximum atomic E-state index is 12.1. The van der Waals surface area contributed by atoms with Gasteiger partial charge in [-0.25, -0.2) is 0 Å². The van der Waals surface area contributed by atoms with Crippen LogP contribution in [0.1, 0.15) is 32.6 Å². The number of fused-ring (bicyclic) bond motifs is 1. The molecule has 1 amide bonds. The first-order chi connectivity index (χ1) is 10.6. The maximum Gasteiger partial charge on any atom is 0.299 e. The minimum absolute atomic E-state index is 0.311. The highest BCUT2D eigenvalue weighted by Crippen LogP contribution is 2.36. The first kappa shape index (κ1) is 14.7. The summed E-state index contributed by atoms with van der Waals surface area (Å²) in [5.41, 5.74) is 6.40. The standard InChI is InChI=1S/C16H21N3O3/c1-3-16(14(17)20)8-4-5-9-19(16)15-18-12-10-11(21-2)6-7-13(12)22-15/h6-7,10H,3-5,8-9H2,1-2H3,(H2,17,20). The Kier molecular flexibility index (Phi) is 3.68. The van der Waals surface area contributed by atoms with Gasteiger partial charge in [0.15, 0.2) is 5.58 Å². The van der Waals surface area contributed by atoms with Gasteiger partial charge in [0.1, 0.15) is 16.8 Å². The second-order valence-electron chi connectivity index (χ2n) is 5.69. The monoisotopic (exact) mass is 303 g/mol. The third kappa shape index (κ3) is 2.19. The number of rotatable bonds is 4. The Balaban J connectivity index is 2.05. The fourth-order valence-corrected chi connectivity index (χ4v) is 3.25. The van der Waals surface area contributed by atoms with E-state index in [2.05, 4.69) is 4.98 Å². The molecule has 1 fully saturated rings. The highest BCUT2D eigenvalue weighted by atomic mass is 16.5. The van der Waals surface area contributed by atoms with Gasteiger partial charge in [-0.3, -0.25) is 4.79 Å². The van der Waals surface area contributed by atoms with Crippen LogP contribution in [-0.2, 0) is 4.79 Å². The second-order valence-corrected chi connectivity index (χ2v) is 5.69. The third-order valence-corrected chi connectivity index (χ3v) is 4.60. The summed E-state index contributed by atoms with van der Waals surface area (Å²) in [4.78, 5) is 18.6. The van der Waals surface area contributed by atoms with Gasteiger partial charge in [0, 0.05) is 12.6 Å². The average Bonchev–Trinajstić information content (AvgIpc) is 2.96. The van der Waals surface area contributed by atoms with Crippen LogP contribution in [0.25, 0.3) is 11.1 Å². The molecular weight excluding hydrogens is 282 g/mol. The number of oxazole rings is 1. The molecule has 2 N–H and O–H groups in total. The van der Waals surface area contributed by atoms with E-state index < -0.39 is 5.54 Å². The fourth-order valence-electron chi connectivity index (χ4n) is 3.25. The summed E-state index contributed by atoms with van der Waals surface area (Å²) in [5, 5.41) is 0. The molecule has 1 unspecified atom stereocenters. The molecule has 0 saturated carbocycles. The Morgan fingerprint density at radius 3 is 3.00 bits per heavy atom. The summed E-state index contributed by atoms with van der Waals surface area (Å²) >= 11 is 0. The van der Waals surface area contributed by atoms with Crippen LogP contribution in [-0.4, -0.2) is 30.1 Å². The summed E-state index contributed by atoms with van der Waals surface area (Å²) in [7, 11) is 1.61. The van der Waals surface area contributed by atoms with Crippen molar-refractivity contribution in [1.29, 1.82) is 0 Å². The molecule has 0 radical (unpaired) electrons. The number of methoxy groups -OCH3 is 1. The number of aromatic nitrogens is 1. The van der Waals surface area contributed by atoms with E-state index in [0.29, 0.717) is 18.0 Å². The van der Waals surface area contributed by atoms with Crippen LogP contribution in [0.5, 0.6) is 5.75 Å². The number of piperidine rings is 1. The van der Waals surface area contributed by atoms with Crippen LogP contribution in [0.3, 0.4) is 0 Å². The van der Waals surface area contributed by atoms with Crippen LogP contribution in [0.4, 0.5) is 6.01 Å². The van der Waals surface area contributed by atoms with Crippen LogP contribution in [0, 0.1) is 0 Å². The van der Waals surface area contributed by atoms with Crippen LogP contribution in [0.2, 0.25) is 0 Å². The lowest BCUT2D eigenvalue weighted by Crippen LogP contribution is -2.60. The zero-order valence-electron chi connectivity index (χ0n) is 13.0. The van der Waals surface area contributed by atoms with Crippen molar-refractivity contribution < 1.29 is 13.9 Å². The Bertz CT molecular complexity index is 697.